The van der Waals surface area contributed by atoms with Crippen LogP contribution in [0.5, 0.6) is 0 Å². The molecular weight excluding hydrogens is 388 g/mol. The lowest BCUT2D eigenvalue weighted by atomic mass is 10.1. The predicted octanol–water partition coefficient (Wildman–Crippen LogP) is 3.75. The van der Waals surface area contributed by atoms with Gasteiger partial charge in [-0.2, -0.15) is 4.98 Å². The molecule has 0 unspecified atom stereocenters. The highest BCUT2D eigenvalue weighted by Gasteiger charge is 2.21. The monoisotopic (exact) mass is 418 g/mol. The Morgan fingerprint density at radius 2 is 1.68 bits per heavy atom. The van der Waals surface area contributed by atoms with Crippen LogP contribution in [0.2, 0.25) is 0 Å². The number of nitrogens with zero attached hydrogens (tertiary/aromatic N) is 6. The minimum absolute atomic E-state index is 0.617. The maximum Gasteiger partial charge on any atom is 0.241 e. The van der Waals surface area contributed by atoms with Crippen LogP contribution in [-0.2, 0) is 6.54 Å². The van der Waals surface area contributed by atoms with Gasteiger partial charge in [-0.15, -0.1) is 0 Å². The molecule has 0 spiro atoms. The molecule has 0 saturated carbocycles. The molecule has 0 N–H and O–H groups in total. The highest BCUT2D eigenvalue weighted by Crippen LogP contribution is 2.23. The van der Waals surface area contributed by atoms with Gasteiger partial charge in [0.1, 0.15) is 5.82 Å². The standard InChI is InChI=1S/C24H30N6O/c1-19-7-3-4-8-21(19)29-15-13-28(14-16-29)18-23-26-24(27-31-23)20-9-10-22(25-17-20)30-11-5-2-6-12-30/h3-4,7-10,17H,2,5-6,11-16,18H2,1H3. The third kappa shape index (κ3) is 4.56. The van der Waals surface area contributed by atoms with Crippen LogP contribution in [0.3, 0.4) is 0 Å². The number of benzene rings is 1. The maximum absolute atomic E-state index is 5.54. The second-order valence-electron chi connectivity index (χ2n) is 8.51. The molecular formula is C24H30N6O. The summed E-state index contributed by atoms with van der Waals surface area (Å²) in [7, 11) is 0. The van der Waals surface area contributed by atoms with Gasteiger partial charge in [0.15, 0.2) is 0 Å². The maximum atomic E-state index is 5.54. The molecule has 3 aromatic rings. The Bertz CT molecular complexity index is 987. The number of aryl methyl sites for hydroxylation is 1. The van der Waals surface area contributed by atoms with E-state index >= 15 is 0 Å². The zero-order valence-corrected chi connectivity index (χ0v) is 18.2. The fourth-order valence-corrected chi connectivity index (χ4v) is 4.52. The van der Waals surface area contributed by atoms with Gasteiger partial charge in [0.2, 0.25) is 11.7 Å². The van der Waals surface area contributed by atoms with Crippen molar-refractivity contribution in [2.45, 2.75) is 32.7 Å². The molecule has 1 aromatic carbocycles. The van der Waals surface area contributed by atoms with E-state index in [0.29, 0.717) is 18.3 Å². The molecule has 0 aliphatic carbocycles. The molecule has 0 bridgehead atoms. The topological polar surface area (TPSA) is 61.5 Å². The molecule has 0 amide bonds. The third-order valence-electron chi connectivity index (χ3n) is 6.34. The summed E-state index contributed by atoms with van der Waals surface area (Å²) in [4.78, 5) is 16.4. The van der Waals surface area contributed by atoms with Crippen LogP contribution in [0, 0.1) is 6.92 Å². The lowest BCUT2D eigenvalue weighted by molar-refractivity contribution is 0.215. The molecule has 2 saturated heterocycles. The van der Waals surface area contributed by atoms with E-state index in [1.165, 1.54) is 30.5 Å². The second kappa shape index (κ2) is 9.06. The zero-order valence-electron chi connectivity index (χ0n) is 18.2. The van der Waals surface area contributed by atoms with Crippen LogP contribution >= 0.6 is 0 Å². The summed E-state index contributed by atoms with van der Waals surface area (Å²) in [5.74, 6) is 2.32. The lowest BCUT2D eigenvalue weighted by Gasteiger charge is -2.36. The third-order valence-corrected chi connectivity index (χ3v) is 6.34. The molecule has 2 aliphatic heterocycles. The van der Waals surface area contributed by atoms with Crippen molar-refractivity contribution in [2.24, 2.45) is 0 Å². The number of hydrogen-bond donors (Lipinski definition) is 0. The Balaban J connectivity index is 1.17. The van der Waals surface area contributed by atoms with Gasteiger partial charge in [0.25, 0.3) is 0 Å². The molecule has 5 rings (SSSR count). The SMILES string of the molecule is Cc1ccccc1N1CCN(Cc2nc(-c3ccc(N4CCCCC4)nc3)no2)CC1. The quantitative estimate of drug-likeness (QED) is 0.625. The van der Waals surface area contributed by atoms with Gasteiger partial charge in [-0.3, -0.25) is 4.90 Å². The van der Waals surface area contributed by atoms with E-state index < -0.39 is 0 Å². The Morgan fingerprint density at radius 1 is 0.871 bits per heavy atom. The number of para-hydroxylation sites is 1. The average molecular weight is 419 g/mol. The minimum atomic E-state index is 0.617. The summed E-state index contributed by atoms with van der Waals surface area (Å²) in [6.07, 6.45) is 5.67. The van der Waals surface area contributed by atoms with Crippen LogP contribution in [0.25, 0.3) is 11.4 Å². The molecule has 4 heterocycles. The van der Waals surface area contributed by atoms with Gasteiger partial charge in [0.05, 0.1) is 6.54 Å². The summed E-state index contributed by atoms with van der Waals surface area (Å²) in [5.41, 5.74) is 3.57. The van der Waals surface area contributed by atoms with E-state index in [-0.39, 0.29) is 0 Å². The summed E-state index contributed by atoms with van der Waals surface area (Å²) in [5, 5.41) is 4.19. The highest BCUT2D eigenvalue weighted by molar-refractivity contribution is 5.56. The van der Waals surface area contributed by atoms with Crippen molar-refractivity contribution >= 4 is 11.5 Å². The van der Waals surface area contributed by atoms with Gasteiger partial charge in [-0.1, -0.05) is 23.4 Å². The zero-order chi connectivity index (χ0) is 21.0. The van der Waals surface area contributed by atoms with E-state index in [2.05, 4.69) is 67.1 Å². The Kier molecular flexibility index (Phi) is 5.84. The largest absolute Gasteiger partial charge is 0.369 e. The molecule has 2 aromatic heterocycles. The van der Waals surface area contributed by atoms with Crippen molar-refractivity contribution in [3.8, 4) is 11.4 Å². The van der Waals surface area contributed by atoms with Crippen molar-refractivity contribution in [3.63, 3.8) is 0 Å². The smallest absolute Gasteiger partial charge is 0.241 e. The van der Waals surface area contributed by atoms with Crippen LogP contribution in [0.15, 0.2) is 47.1 Å². The van der Waals surface area contributed by atoms with E-state index in [1.807, 2.05) is 12.3 Å². The van der Waals surface area contributed by atoms with Crippen LogP contribution in [-0.4, -0.2) is 59.3 Å². The Hall–Kier alpha value is -2.93. The van der Waals surface area contributed by atoms with Gasteiger partial charge in [-0.05, 0) is 49.9 Å². The fourth-order valence-electron chi connectivity index (χ4n) is 4.52. The van der Waals surface area contributed by atoms with Crippen molar-refractivity contribution < 1.29 is 4.52 Å². The summed E-state index contributed by atoms with van der Waals surface area (Å²) >= 11 is 0. The van der Waals surface area contributed by atoms with Crippen LogP contribution in [0.1, 0.15) is 30.7 Å². The number of piperazine rings is 1. The van der Waals surface area contributed by atoms with Crippen LogP contribution < -0.4 is 9.80 Å². The first-order valence-corrected chi connectivity index (χ1v) is 11.3. The van der Waals surface area contributed by atoms with Crippen molar-refractivity contribution in [1.29, 1.82) is 0 Å². The fraction of sp³-hybridized carbons (Fsp3) is 0.458. The van der Waals surface area contributed by atoms with E-state index in [4.69, 9.17) is 4.52 Å². The first-order valence-electron chi connectivity index (χ1n) is 11.3. The van der Waals surface area contributed by atoms with Crippen LogP contribution in [0.4, 0.5) is 11.5 Å². The van der Waals surface area contributed by atoms with Gasteiger partial charge in [0, 0.05) is 56.7 Å². The summed E-state index contributed by atoms with van der Waals surface area (Å²) in [6.45, 7) is 9.03. The Labute approximate surface area is 183 Å². The molecule has 2 aliphatic rings. The number of piperidine rings is 1. The second-order valence-corrected chi connectivity index (χ2v) is 8.51. The van der Waals surface area contributed by atoms with Gasteiger partial charge in [-0.25, -0.2) is 4.98 Å². The summed E-state index contributed by atoms with van der Waals surface area (Å²) < 4.78 is 5.54. The minimum Gasteiger partial charge on any atom is -0.369 e. The van der Waals surface area contributed by atoms with E-state index in [0.717, 1.165) is 50.6 Å². The molecule has 7 nitrogen and oxygen atoms in total. The predicted molar refractivity (Wildman–Crippen MR) is 122 cm³/mol. The van der Waals surface area contributed by atoms with Crippen molar-refractivity contribution in [3.05, 3.63) is 54.0 Å². The molecule has 162 valence electrons. The molecule has 7 heteroatoms. The lowest BCUT2D eigenvalue weighted by Crippen LogP contribution is -2.46. The highest BCUT2D eigenvalue weighted by atomic mass is 16.5. The van der Waals surface area contributed by atoms with E-state index in [1.54, 1.807) is 0 Å². The van der Waals surface area contributed by atoms with Gasteiger partial charge < -0.3 is 14.3 Å². The summed E-state index contributed by atoms with van der Waals surface area (Å²) in [6, 6.07) is 12.7. The van der Waals surface area contributed by atoms with Crippen molar-refractivity contribution in [1.82, 2.24) is 20.0 Å². The first kappa shape index (κ1) is 20.0. The number of rotatable bonds is 5. The molecule has 2 fully saturated rings. The first-order chi connectivity index (χ1) is 15.3. The van der Waals surface area contributed by atoms with Crippen molar-refractivity contribution in [2.75, 3.05) is 49.1 Å². The molecule has 0 atom stereocenters. The average Bonchev–Trinajstić information content (AvgIpc) is 3.29. The Morgan fingerprint density at radius 3 is 2.42 bits per heavy atom. The molecule has 0 radical (unpaired) electrons. The molecule has 31 heavy (non-hydrogen) atoms. The number of pyridine rings is 1. The normalized spacial score (nSPS) is 17.8. The van der Waals surface area contributed by atoms with Gasteiger partial charge >= 0.3 is 0 Å². The number of hydrogen-bond acceptors (Lipinski definition) is 7. The van der Waals surface area contributed by atoms with E-state index in [9.17, 15) is 0 Å². The number of anilines is 2. The number of aromatic nitrogens is 3.